The standard InChI is InChI=1S/C19H20N2O5S/c1-12-10-15(11-17(13(12)2)27(25,26)20-3)19(24)21-16-7-4-14(5-8-16)6-9-18(22)23/h4-11,20H,1-3H3,(H,21,24)(H,22,23). The first-order valence-electron chi connectivity index (χ1n) is 8.01. The Bertz CT molecular complexity index is 1010. The van der Waals surface area contributed by atoms with Gasteiger partial charge >= 0.3 is 5.97 Å². The molecule has 0 heterocycles. The minimum atomic E-state index is -3.68. The number of hydrogen-bond acceptors (Lipinski definition) is 4. The van der Waals surface area contributed by atoms with Crippen molar-refractivity contribution in [1.82, 2.24) is 4.72 Å². The van der Waals surface area contributed by atoms with Gasteiger partial charge in [-0.15, -0.1) is 0 Å². The van der Waals surface area contributed by atoms with E-state index in [-0.39, 0.29) is 10.5 Å². The molecule has 0 bridgehead atoms. The number of amides is 1. The van der Waals surface area contributed by atoms with E-state index in [4.69, 9.17) is 5.11 Å². The van der Waals surface area contributed by atoms with E-state index in [1.807, 2.05) is 0 Å². The van der Waals surface area contributed by atoms with Crippen LogP contribution in [0.3, 0.4) is 0 Å². The largest absolute Gasteiger partial charge is 0.478 e. The first-order chi connectivity index (χ1) is 12.6. The lowest BCUT2D eigenvalue weighted by molar-refractivity contribution is -0.131. The van der Waals surface area contributed by atoms with E-state index in [9.17, 15) is 18.0 Å². The zero-order valence-corrected chi connectivity index (χ0v) is 15.9. The van der Waals surface area contributed by atoms with E-state index in [1.54, 1.807) is 44.2 Å². The SMILES string of the molecule is CNS(=O)(=O)c1cc(C(=O)Nc2ccc(C=CC(=O)O)cc2)cc(C)c1C. The lowest BCUT2D eigenvalue weighted by Gasteiger charge is -2.12. The number of carbonyl (C=O) groups excluding carboxylic acids is 1. The van der Waals surface area contributed by atoms with Crippen molar-refractivity contribution in [2.75, 3.05) is 12.4 Å². The maximum absolute atomic E-state index is 12.5. The Morgan fingerprint density at radius 2 is 1.70 bits per heavy atom. The Labute approximate surface area is 157 Å². The Morgan fingerprint density at radius 3 is 2.26 bits per heavy atom. The number of nitrogens with one attached hydrogen (secondary N) is 2. The maximum atomic E-state index is 12.5. The van der Waals surface area contributed by atoms with Gasteiger partial charge in [0.2, 0.25) is 10.0 Å². The molecule has 142 valence electrons. The average Bonchev–Trinajstić information content (AvgIpc) is 2.62. The summed E-state index contributed by atoms with van der Waals surface area (Å²) in [6, 6.07) is 9.55. The monoisotopic (exact) mass is 388 g/mol. The summed E-state index contributed by atoms with van der Waals surface area (Å²) in [6.07, 6.45) is 2.46. The molecule has 7 nitrogen and oxygen atoms in total. The van der Waals surface area contributed by atoms with Gasteiger partial charge in [-0.25, -0.2) is 17.9 Å². The third-order valence-corrected chi connectivity index (χ3v) is 5.57. The fraction of sp³-hybridized carbons (Fsp3) is 0.158. The second-order valence-corrected chi connectivity index (χ2v) is 7.73. The Hall–Kier alpha value is -2.97. The lowest BCUT2D eigenvalue weighted by atomic mass is 10.1. The number of hydrogen-bond donors (Lipinski definition) is 3. The molecule has 0 spiro atoms. The predicted octanol–water partition coefficient (Wildman–Crippen LogP) is 2.56. The van der Waals surface area contributed by atoms with E-state index >= 15 is 0 Å². The van der Waals surface area contributed by atoms with Gasteiger partial charge in [0.15, 0.2) is 0 Å². The van der Waals surface area contributed by atoms with E-state index < -0.39 is 21.9 Å². The average molecular weight is 388 g/mol. The molecule has 0 saturated carbocycles. The van der Waals surface area contributed by atoms with Crippen LogP contribution in [0.4, 0.5) is 5.69 Å². The van der Waals surface area contributed by atoms with Crippen molar-refractivity contribution in [2.45, 2.75) is 18.7 Å². The number of carbonyl (C=O) groups is 2. The Kier molecular flexibility index (Phi) is 6.14. The van der Waals surface area contributed by atoms with Gasteiger partial charge in [-0.05, 0) is 67.9 Å². The summed E-state index contributed by atoms with van der Waals surface area (Å²) in [7, 11) is -2.37. The second kappa shape index (κ2) is 8.15. The Balaban J connectivity index is 2.27. The topological polar surface area (TPSA) is 113 Å². The molecule has 0 aliphatic carbocycles. The molecule has 0 saturated heterocycles. The molecule has 0 unspecified atom stereocenters. The molecule has 2 rings (SSSR count). The first-order valence-corrected chi connectivity index (χ1v) is 9.49. The van der Waals surface area contributed by atoms with Gasteiger partial charge in [0.1, 0.15) is 0 Å². The van der Waals surface area contributed by atoms with Crippen molar-refractivity contribution in [3.05, 3.63) is 64.7 Å². The Morgan fingerprint density at radius 1 is 1.07 bits per heavy atom. The van der Waals surface area contributed by atoms with Crippen molar-refractivity contribution in [1.29, 1.82) is 0 Å². The highest BCUT2D eigenvalue weighted by Gasteiger charge is 2.19. The number of carboxylic acids is 1. The third kappa shape index (κ3) is 5.02. The number of anilines is 1. The number of aliphatic carboxylic acids is 1. The summed E-state index contributed by atoms with van der Waals surface area (Å²) in [6.45, 7) is 3.43. The van der Waals surface area contributed by atoms with Crippen LogP contribution in [0, 0.1) is 13.8 Å². The van der Waals surface area contributed by atoms with Crippen molar-refractivity contribution in [2.24, 2.45) is 0 Å². The van der Waals surface area contributed by atoms with Gasteiger partial charge < -0.3 is 10.4 Å². The lowest BCUT2D eigenvalue weighted by Crippen LogP contribution is -2.21. The molecule has 1 amide bonds. The number of carboxylic acid groups (broad SMARTS) is 1. The zero-order valence-electron chi connectivity index (χ0n) is 15.1. The van der Waals surface area contributed by atoms with Crippen molar-refractivity contribution in [3.8, 4) is 0 Å². The molecule has 8 heteroatoms. The molecule has 0 aliphatic rings. The molecular weight excluding hydrogens is 368 g/mol. The van der Waals surface area contributed by atoms with Crippen LogP contribution in [0.15, 0.2) is 47.4 Å². The van der Waals surface area contributed by atoms with Crippen LogP contribution in [0.25, 0.3) is 6.08 Å². The summed E-state index contributed by atoms with van der Waals surface area (Å²) >= 11 is 0. The smallest absolute Gasteiger partial charge is 0.328 e. The van der Waals surface area contributed by atoms with Crippen LogP contribution in [-0.4, -0.2) is 32.4 Å². The highest BCUT2D eigenvalue weighted by molar-refractivity contribution is 7.89. The zero-order chi connectivity index (χ0) is 20.2. The van der Waals surface area contributed by atoms with Crippen LogP contribution in [-0.2, 0) is 14.8 Å². The molecule has 27 heavy (non-hydrogen) atoms. The fourth-order valence-corrected chi connectivity index (χ4v) is 3.46. The highest BCUT2D eigenvalue weighted by atomic mass is 32.2. The van der Waals surface area contributed by atoms with Crippen LogP contribution in [0.2, 0.25) is 0 Å². The first kappa shape index (κ1) is 20.3. The highest BCUT2D eigenvalue weighted by Crippen LogP contribution is 2.22. The number of benzene rings is 2. The van der Waals surface area contributed by atoms with Crippen LogP contribution in [0.5, 0.6) is 0 Å². The van der Waals surface area contributed by atoms with E-state index in [1.165, 1.54) is 19.2 Å². The van der Waals surface area contributed by atoms with E-state index in [2.05, 4.69) is 10.0 Å². The summed E-state index contributed by atoms with van der Waals surface area (Å²) in [5.41, 5.74) is 2.66. The minimum Gasteiger partial charge on any atom is -0.478 e. The molecule has 0 aliphatic heterocycles. The van der Waals surface area contributed by atoms with Crippen LogP contribution < -0.4 is 10.0 Å². The second-order valence-electron chi connectivity index (χ2n) is 5.87. The molecule has 2 aromatic rings. The maximum Gasteiger partial charge on any atom is 0.328 e. The molecule has 0 aromatic heterocycles. The molecule has 3 N–H and O–H groups in total. The number of sulfonamides is 1. The van der Waals surface area contributed by atoms with Crippen molar-refractivity contribution < 1.29 is 23.1 Å². The van der Waals surface area contributed by atoms with Crippen molar-refractivity contribution in [3.63, 3.8) is 0 Å². The van der Waals surface area contributed by atoms with Crippen LogP contribution in [0.1, 0.15) is 27.0 Å². The molecule has 0 atom stereocenters. The summed E-state index contributed by atoms with van der Waals surface area (Å²) in [5, 5.41) is 11.3. The van der Waals surface area contributed by atoms with Gasteiger partial charge in [0.05, 0.1) is 4.90 Å². The summed E-state index contributed by atoms with van der Waals surface area (Å²) in [5.74, 6) is -1.49. The number of aryl methyl sites for hydroxylation is 1. The minimum absolute atomic E-state index is 0.0595. The molecular formula is C19H20N2O5S. The predicted molar refractivity (Wildman–Crippen MR) is 103 cm³/mol. The number of rotatable bonds is 6. The summed E-state index contributed by atoms with van der Waals surface area (Å²) in [4.78, 5) is 23.1. The normalized spacial score (nSPS) is 11.5. The van der Waals surface area contributed by atoms with Crippen LogP contribution >= 0.6 is 0 Å². The molecule has 0 radical (unpaired) electrons. The van der Waals surface area contributed by atoms with Gasteiger partial charge in [-0.2, -0.15) is 0 Å². The summed E-state index contributed by atoms with van der Waals surface area (Å²) < 4.78 is 26.6. The van der Waals surface area contributed by atoms with E-state index in [0.717, 1.165) is 6.08 Å². The third-order valence-electron chi connectivity index (χ3n) is 4.03. The van der Waals surface area contributed by atoms with Gasteiger partial charge in [-0.1, -0.05) is 12.1 Å². The van der Waals surface area contributed by atoms with E-state index in [0.29, 0.717) is 22.4 Å². The van der Waals surface area contributed by atoms with Gasteiger partial charge in [0, 0.05) is 17.3 Å². The van der Waals surface area contributed by atoms with Gasteiger partial charge in [0.25, 0.3) is 5.91 Å². The fourth-order valence-electron chi connectivity index (χ4n) is 2.40. The molecule has 2 aromatic carbocycles. The van der Waals surface area contributed by atoms with Crippen molar-refractivity contribution >= 4 is 33.7 Å². The van der Waals surface area contributed by atoms with Gasteiger partial charge in [-0.3, -0.25) is 4.79 Å². The quantitative estimate of drug-likeness (QED) is 0.659. The molecule has 0 fully saturated rings.